The number of ether oxygens (including phenoxy) is 2. The fraction of sp³-hybridized carbons (Fsp3) is 0.500. The highest BCUT2D eigenvalue weighted by atomic mass is 16.5. The average molecular weight is 330 g/mol. The molecule has 0 bridgehead atoms. The number of hydrogen-bond acceptors (Lipinski definition) is 4. The van der Waals surface area contributed by atoms with Gasteiger partial charge < -0.3 is 9.47 Å². The highest BCUT2D eigenvalue weighted by Gasteiger charge is 2.27. The smallest absolute Gasteiger partial charge is 0.198 e. The number of hydrogen-bond donors (Lipinski definition) is 0. The molecule has 0 radical (unpaired) electrons. The molecule has 0 saturated heterocycles. The number of Topliss-reactive ketones (excluding diaryl/α,β-unsaturated/α-hetero) is 2. The Balaban J connectivity index is 0.000000177. The van der Waals surface area contributed by atoms with Crippen LogP contribution in [0.4, 0.5) is 0 Å². The lowest BCUT2D eigenvalue weighted by Gasteiger charge is -2.34. The summed E-state index contributed by atoms with van der Waals surface area (Å²) in [5, 5.41) is 0. The molecule has 130 valence electrons. The fourth-order valence-electron chi connectivity index (χ4n) is 3.14. The molecule has 2 aliphatic rings. The Bertz CT molecular complexity index is 628. The van der Waals surface area contributed by atoms with Crippen molar-refractivity contribution in [1.82, 2.24) is 0 Å². The molecule has 0 amide bonds. The first kappa shape index (κ1) is 18.2. The zero-order valence-corrected chi connectivity index (χ0v) is 14.9. The van der Waals surface area contributed by atoms with Gasteiger partial charge in [-0.15, -0.1) is 0 Å². The van der Waals surface area contributed by atoms with Gasteiger partial charge in [0.15, 0.2) is 17.3 Å². The van der Waals surface area contributed by atoms with Gasteiger partial charge in [-0.25, -0.2) is 0 Å². The number of carbonyl (C=O) groups excluding carboxylic acids is 2. The monoisotopic (exact) mass is 330 g/mol. The van der Waals surface area contributed by atoms with Crippen LogP contribution in [-0.4, -0.2) is 25.8 Å². The maximum atomic E-state index is 11.0. The van der Waals surface area contributed by atoms with Crippen molar-refractivity contribution >= 4 is 11.6 Å². The molecule has 0 heterocycles. The van der Waals surface area contributed by atoms with E-state index < -0.39 is 0 Å². The van der Waals surface area contributed by atoms with E-state index in [1.165, 1.54) is 25.5 Å². The van der Waals surface area contributed by atoms with Crippen molar-refractivity contribution in [2.24, 2.45) is 5.92 Å². The normalized spacial score (nSPS) is 23.2. The topological polar surface area (TPSA) is 52.6 Å². The molecule has 1 aromatic rings. The maximum absolute atomic E-state index is 11.0. The molecule has 1 saturated carbocycles. The Labute approximate surface area is 143 Å². The zero-order valence-electron chi connectivity index (χ0n) is 14.9. The lowest BCUT2D eigenvalue weighted by molar-refractivity contribution is -0.124. The number of methoxy groups -OCH3 is 2. The van der Waals surface area contributed by atoms with Crippen molar-refractivity contribution in [3.05, 3.63) is 41.2 Å². The molecule has 0 N–H and O–H groups in total. The second-order valence-electron chi connectivity index (χ2n) is 6.44. The largest absolute Gasteiger partial charge is 0.497 e. The molecule has 1 aromatic carbocycles. The minimum atomic E-state index is -0.0652. The Morgan fingerprint density at radius 2 is 1.54 bits per heavy atom. The molecule has 4 heteroatoms. The van der Waals surface area contributed by atoms with E-state index in [4.69, 9.17) is 9.47 Å². The van der Waals surface area contributed by atoms with E-state index >= 15 is 0 Å². The third kappa shape index (κ3) is 4.05. The van der Waals surface area contributed by atoms with Crippen molar-refractivity contribution < 1.29 is 19.1 Å². The fourth-order valence-corrected chi connectivity index (χ4v) is 3.14. The van der Waals surface area contributed by atoms with Gasteiger partial charge in [-0.05, 0) is 49.3 Å². The molecule has 0 spiro atoms. The highest BCUT2D eigenvalue weighted by molar-refractivity contribution is 6.09. The summed E-state index contributed by atoms with van der Waals surface area (Å²) in [4.78, 5) is 22.1. The van der Waals surface area contributed by atoms with E-state index in [9.17, 15) is 9.59 Å². The molecule has 1 unspecified atom stereocenters. The molecular weight excluding hydrogens is 304 g/mol. The third-order valence-corrected chi connectivity index (χ3v) is 4.96. The minimum Gasteiger partial charge on any atom is -0.497 e. The summed E-state index contributed by atoms with van der Waals surface area (Å²) >= 11 is 0. The number of allylic oxidation sites excluding steroid dienone is 2. The molecule has 2 aliphatic carbocycles. The van der Waals surface area contributed by atoms with Crippen molar-refractivity contribution in [1.29, 1.82) is 0 Å². The summed E-state index contributed by atoms with van der Waals surface area (Å²) < 4.78 is 9.92. The second kappa shape index (κ2) is 8.13. The summed E-state index contributed by atoms with van der Waals surface area (Å²) in [5.74, 6) is 2.81. The Morgan fingerprint density at radius 3 is 1.96 bits per heavy atom. The first-order valence-corrected chi connectivity index (χ1v) is 8.43. The van der Waals surface area contributed by atoms with Crippen LogP contribution >= 0.6 is 0 Å². The second-order valence-corrected chi connectivity index (χ2v) is 6.44. The number of carbonyl (C=O) groups is 2. The van der Waals surface area contributed by atoms with Gasteiger partial charge in [0.2, 0.25) is 0 Å². The summed E-state index contributed by atoms with van der Waals surface area (Å²) in [6.45, 7) is 3.95. The summed E-state index contributed by atoms with van der Waals surface area (Å²) in [6, 6.07) is 8.50. The minimum absolute atomic E-state index is 0.0152. The van der Waals surface area contributed by atoms with Crippen LogP contribution in [0.2, 0.25) is 0 Å². The van der Waals surface area contributed by atoms with Crippen LogP contribution in [0.15, 0.2) is 35.6 Å². The number of rotatable bonds is 3. The van der Waals surface area contributed by atoms with Gasteiger partial charge in [0.1, 0.15) is 5.75 Å². The van der Waals surface area contributed by atoms with E-state index in [-0.39, 0.29) is 17.3 Å². The third-order valence-electron chi connectivity index (χ3n) is 4.96. The standard InChI is InChI=1S/C12H16O.C8H10O3/c1-9-3-8-12(9)10-4-6-11(13-2)7-5-10;1-5-6(9)3-4-7(10)8(5)11-2/h4-7,9,12H,3,8H2,1-2H3;3-4H2,1-2H3/t9-,12?;/m0./s1. The van der Waals surface area contributed by atoms with Gasteiger partial charge in [0.25, 0.3) is 0 Å². The van der Waals surface area contributed by atoms with Gasteiger partial charge in [-0.2, -0.15) is 0 Å². The van der Waals surface area contributed by atoms with Crippen LogP contribution in [0.3, 0.4) is 0 Å². The van der Waals surface area contributed by atoms with Crippen LogP contribution in [0.5, 0.6) is 5.75 Å². The van der Waals surface area contributed by atoms with Gasteiger partial charge >= 0.3 is 0 Å². The van der Waals surface area contributed by atoms with E-state index in [1.807, 2.05) is 0 Å². The van der Waals surface area contributed by atoms with Crippen molar-refractivity contribution in [3.8, 4) is 5.75 Å². The summed E-state index contributed by atoms with van der Waals surface area (Å²) in [7, 11) is 3.12. The van der Waals surface area contributed by atoms with E-state index in [1.54, 1.807) is 14.0 Å². The predicted molar refractivity (Wildman–Crippen MR) is 93.1 cm³/mol. The predicted octanol–water partition coefficient (Wildman–Crippen LogP) is 4.05. The van der Waals surface area contributed by atoms with E-state index in [2.05, 4.69) is 31.2 Å². The molecule has 0 aromatic heterocycles. The SMILES string of the molecule is COC1=C(C)C(=O)CCC1=O.COc1ccc(C2CC[C@@H]2C)cc1. The lowest BCUT2D eigenvalue weighted by Crippen LogP contribution is -2.20. The first-order valence-electron chi connectivity index (χ1n) is 8.43. The first-order chi connectivity index (χ1) is 11.5. The molecular formula is C20H26O4. The summed E-state index contributed by atoms with van der Waals surface area (Å²) in [5.41, 5.74) is 1.93. The molecule has 1 fully saturated rings. The van der Waals surface area contributed by atoms with Crippen LogP contribution in [-0.2, 0) is 14.3 Å². The van der Waals surface area contributed by atoms with Crippen LogP contribution in [0, 0.1) is 5.92 Å². The van der Waals surface area contributed by atoms with Crippen LogP contribution < -0.4 is 4.74 Å². The van der Waals surface area contributed by atoms with Crippen molar-refractivity contribution in [2.75, 3.05) is 14.2 Å². The molecule has 3 rings (SSSR count). The van der Waals surface area contributed by atoms with Crippen LogP contribution in [0.25, 0.3) is 0 Å². The van der Waals surface area contributed by atoms with Crippen molar-refractivity contribution in [2.45, 2.75) is 45.4 Å². The molecule has 0 aliphatic heterocycles. The molecule has 24 heavy (non-hydrogen) atoms. The highest BCUT2D eigenvalue weighted by Crippen LogP contribution is 2.42. The average Bonchev–Trinajstić information content (AvgIpc) is 2.59. The molecule has 4 nitrogen and oxygen atoms in total. The molecule has 2 atom stereocenters. The van der Waals surface area contributed by atoms with Gasteiger partial charge in [-0.1, -0.05) is 19.1 Å². The van der Waals surface area contributed by atoms with Gasteiger partial charge in [-0.3, -0.25) is 9.59 Å². The lowest BCUT2D eigenvalue weighted by atomic mass is 9.71. The summed E-state index contributed by atoms with van der Waals surface area (Å²) in [6.07, 6.45) is 3.36. The van der Waals surface area contributed by atoms with Crippen LogP contribution in [0.1, 0.15) is 51.0 Å². The number of benzene rings is 1. The Hall–Kier alpha value is -2.10. The van der Waals surface area contributed by atoms with Gasteiger partial charge in [0, 0.05) is 18.4 Å². The van der Waals surface area contributed by atoms with Gasteiger partial charge in [0.05, 0.1) is 14.2 Å². The Kier molecular flexibility index (Phi) is 6.18. The van der Waals surface area contributed by atoms with E-state index in [0.29, 0.717) is 18.4 Å². The van der Waals surface area contributed by atoms with Crippen molar-refractivity contribution in [3.63, 3.8) is 0 Å². The Morgan fingerprint density at radius 1 is 0.917 bits per heavy atom. The zero-order chi connectivity index (χ0) is 17.7. The quantitative estimate of drug-likeness (QED) is 0.839. The van der Waals surface area contributed by atoms with E-state index in [0.717, 1.165) is 17.6 Å². The maximum Gasteiger partial charge on any atom is 0.198 e. The number of ketones is 2.